The van der Waals surface area contributed by atoms with Crippen molar-refractivity contribution in [3.63, 3.8) is 0 Å². The van der Waals surface area contributed by atoms with Crippen molar-refractivity contribution in [3.05, 3.63) is 17.8 Å². The van der Waals surface area contributed by atoms with E-state index in [4.69, 9.17) is 0 Å². The number of likely N-dealkylation sites (tertiary alicyclic amines) is 1. The first-order valence-electron chi connectivity index (χ1n) is 6.72. The van der Waals surface area contributed by atoms with Gasteiger partial charge in [0.1, 0.15) is 5.82 Å². The lowest BCUT2D eigenvalue weighted by Gasteiger charge is -2.31. The summed E-state index contributed by atoms with van der Waals surface area (Å²) in [7, 11) is 0. The van der Waals surface area contributed by atoms with Gasteiger partial charge >= 0.3 is 0 Å². The molecule has 0 bridgehead atoms. The molecule has 0 radical (unpaired) electrons. The maximum atomic E-state index is 12.3. The Kier molecular flexibility index (Phi) is 4.68. The second-order valence-corrected chi connectivity index (χ2v) is 4.78. The Morgan fingerprint density at radius 2 is 2.37 bits per heavy atom. The minimum Gasteiger partial charge on any atom is -0.396 e. The summed E-state index contributed by atoms with van der Waals surface area (Å²) in [4.78, 5) is 14.0. The Morgan fingerprint density at radius 3 is 3.00 bits per heavy atom. The van der Waals surface area contributed by atoms with E-state index in [1.54, 1.807) is 17.0 Å². The second kappa shape index (κ2) is 6.47. The minimum absolute atomic E-state index is 0.103. The second-order valence-electron chi connectivity index (χ2n) is 4.78. The molecule has 1 aromatic rings. The van der Waals surface area contributed by atoms with E-state index < -0.39 is 0 Å². The molecule has 1 atom stereocenters. The molecule has 19 heavy (non-hydrogen) atoms. The Labute approximate surface area is 112 Å². The lowest BCUT2D eigenvalue weighted by molar-refractivity contribution is 0.0614. The fraction of sp³-hybridized carbons (Fsp3) is 0.615. The number of anilines is 1. The average molecular weight is 264 g/mol. The van der Waals surface area contributed by atoms with Crippen LogP contribution in [0, 0.1) is 5.92 Å². The topological polar surface area (TPSA) is 78.4 Å². The fourth-order valence-corrected chi connectivity index (χ4v) is 2.28. The quantitative estimate of drug-likeness (QED) is 0.839. The number of aliphatic hydroxyl groups is 1. The van der Waals surface area contributed by atoms with Gasteiger partial charge in [-0.2, -0.15) is 0 Å². The van der Waals surface area contributed by atoms with Crippen LogP contribution in [0.25, 0.3) is 0 Å². The summed E-state index contributed by atoms with van der Waals surface area (Å²) in [6.45, 7) is 4.21. The molecule has 1 fully saturated rings. The van der Waals surface area contributed by atoms with Gasteiger partial charge in [0.15, 0.2) is 5.69 Å². The van der Waals surface area contributed by atoms with Gasteiger partial charge in [0.05, 0.1) is 0 Å². The number of hydrogen-bond donors (Lipinski definition) is 2. The maximum Gasteiger partial charge on any atom is 0.274 e. The van der Waals surface area contributed by atoms with Crippen LogP contribution in [0.3, 0.4) is 0 Å². The van der Waals surface area contributed by atoms with E-state index in [1.807, 2.05) is 6.92 Å². The third kappa shape index (κ3) is 3.41. The van der Waals surface area contributed by atoms with E-state index in [0.29, 0.717) is 18.1 Å². The number of hydrogen-bond acceptors (Lipinski definition) is 5. The van der Waals surface area contributed by atoms with Crippen molar-refractivity contribution in [1.82, 2.24) is 15.1 Å². The van der Waals surface area contributed by atoms with E-state index in [0.717, 1.165) is 25.9 Å². The van der Waals surface area contributed by atoms with Crippen molar-refractivity contribution >= 4 is 11.7 Å². The molecular formula is C13H20N4O2. The van der Waals surface area contributed by atoms with Crippen LogP contribution in [-0.2, 0) is 0 Å². The van der Waals surface area contributed by atoms with Crippen molar-refractivity contribution in [1.29, 1.82) is 0 Å². The zero-order valence-corrected chi connectivity index (χ0v) is 11.2. The summed E-state index contributed by atoms with van der Waals surface area (Å²) in [6, 6.07) is 3.45. The molecule has 1 aliphatic heterocycles. The zero-order valence-electron chi connectivity index (χ0n) is 11.2. The summed E-state index contributed by atoms with van der Waals surface area (Å²) in [5.41, 5.74) is 0.361. The van der Waals surface area contributed by atoms with Crippen LogP contribution >= 0.6 is 0 Å². The molecule has 6 heteroatoms. The van der Waals surface area contributed by atoms with Gasteiger partial charge in [-0.05, 0) is 37.8 Å². The van der Waals surface area contributed by atoms with Gasteiger partial charge < -0.3 is 15.3 Å². The van der Waals surface area contributed by atoms with Crippen LogP contribution < -0.4 is 5.32 Å². The van der Waals surface area contributed by atoms with E-state index >= 15 is 0 Å². The monoisotopic (exact) mass is 264 g/mol. The molecule has 1 amide bonds. The number of aromatic nitrogens is 2. The molecule has 0 spiro atoms. The molecule has 1 aliphatic rings. The number of amides is 1. The summed E-state index contributed by atoms with van der Waals surface area (Å²) in [5.74, 6) is 0.756. The maximum absolute atomic E-state index is 12.3. The number of nitrogens with zero attached hydrogens (tertiary/aromatic N) is 3. The Bertz CT molecular complexity index is 421. The third-order valence-corrected chi connectivity index (χ3v) is 3.31. The van der Waals surface area contributed by atoms with Crippen molar-refractivity contribution < 1.29 is 9.90 Å². The largest absolute Gasteiger partial charge is 0.396 e. The Morgan fingerprint density at radius 1 is 1.53 bits per heavy atom. The number of aliphatic hydroxyl groups excluding tert-OH is 1. The molecule has 1 aromatic heterocycles. The number of carbonyl (C=O) groups is 1. The van der Waals surface area contributed by atoms with Crippen LogP contribution in [0.4, 0.5) is 5.82 Å². The molecule has 1 unspecified atom stereocenters. The number of carbonyl (C=O) groups excluding carboxylic acids is 1. The molecule has 0 aromatic carbocycles. The normalized spacial score (nSPS) is 19.3. The molecule has 6 nitrogen and oxygen atoms in total. The molecule has 0 aliphatic carbocycles. The molecule has 2 rings (SSSR count). The highest BCUT2D eigenvalue weighted by Gasteiger charge is 2.24. The predicted octanol–water partition coefficient (Wildman–Crippen LogP) is 0.753. The van der Waals surface area contributed by atoms with Crippen LogP contribution in [-0.4, -0.2) is 52.4 Å². The van der Waals surface area contributed by atoms with Crippen molar-refractivity contribution in [2.45, 2.75) is 19.8 Å². The van der Waals surface area contributed by atoms with Crippen LogP contribution in [0.2, 0.25) is 0 Å². The zero-order chi connectivity index (χ0) is 13.7. The Balaban J connectivity index is 2.02. The number of nitrogens with one attached hydrogen (secondary N) is 1. The summed E-state index contributed by atoms with van der Waals surface area (Å²) >= 11 is 0. The average Bonchev–Trinajstić information content (AvgIpc) is 2.48. The van der Waals surface area contributed by atoms with E-state index in [1.165, 1.54) is 0 Å². The lowest BCUT2D eigenvalue weighted by Crippen LogP contribution is -2.41. The van der Waals surface area contributed by atoms with Crippen LogP contribution in [0.1, 0.15) is 30.3 Å². The van der Waals surface area contributed by atoms with E-state index in [9.17, 15) is 9.90 Å². The van der Waals surface area contributed by atoms with Gasteiger partial charge in [-0.3, -0.25) is 4.79 Å². The first kappa shape index (κ1) is 13.7. The highest BCUT2D eigenvalue weighted by atomic mass is 16.3. The van der Waals surface area contributed by atoms with Crippen LogP contribution in [0.15, 0.2) is 12.1 Å². The molecule has 2 heterocycles. The van der Waals surface area contributed by atoms with Gasteiger partial charge in [0.2, 0.25) is 0 Å². The van der Waals surface area contributed by atoms with Gasteiger partial charge in [-0.25, -0.2) is 0 Å². The minimum atomic E-state index is -0.103. The lowest BCUT2D eigenvalue weighted by atomic mass is 9.99. The number of piperidine rings is 1. The highest BCUT2D eigenvalue weighted by molar-refractivity contribution is 5.92. The van der Waals surface area contributed by atoms with Gasteiger partial charge in [0, 0.05) is 26.2 Å². The van der Waals surface area contributed by atoms with E-state index in [-0.39, 0.29) is 18.4 Å². The Hall–Kier alpha value is -1.69. The third-order valence-electron chi connectivity index (χ3n) is 3.31. The first-order valence-corrected chi connectivity index (χ1v) is 6.72. The molecule has 0 saturated carbocycles. The first-order chi connectivity index (χ1) is 9.24. The molecule has 2 N–H and O–H groups in total. The number of rotatable bonds is 4. The van der Waals surface area contributed by atoms with Crippen molar-refractivity contribution in [2.24, 2.45) is 5.92 Å². The van der Waals surface area contributed by atoms with Gasteiger partial charge in [-0.1, -0.05) is 0 Å². The van der Waals surface area contributed by atoms with Gasteiger partial charge in [-0.15, -0.1) is 10.2 Å². The molecular weight excluding hydrogens is 244 g/mol. The fourth-order valence-electron chi connectivity index (χ4n) is 2.28. The van der Waals surface area contributed by atoms with Crippen LogP contribution in [0.5, 0.6) is 0 Å². The smallest absolute Gasteiger partial charge is 0.274 e. The van der Waals surface area contributed by atoms with Crippen molar-refractivity contribution in [3.8, 4) is 0 Å². The predicted molar refractivity (Wildman–Crippen MR) is 71.9 cm³/mol. The highest BCUT2D eigenvalue weighted by Crippen LogP contribution is 2.17. The van der Waals surface area contributed by atoms with Crippen molar-refractivity contribution in [2.75, 3.05) is 31.6 Å². The summed E-state index contributed by atoms with van der Waals surface area (Å²) in [5, 5.41) is 20.1. The van der Waals surface area contributed by atoms with Gasteiger partial charge in [0.25, 0.3) is 5.91 Å². The SMILES string of the molecule is CCNc1ccc(C(=O)N2CCCC(CO)C2)nn1. The summed E-state index contributed by atoms with van der Waals surface area (Å²) < 4.78 is 0. The van der Waals surface area contributed by atoms with E-state index in [2.05, 4.69) is 15.5 Å². The molecule has 1 saturated heterocycles. The summed E-state index contributed by atoms with van der Waals surface area (Å²) in [6.07, 6.45) is 1.91. The molecule has 104 valence electrons. The standard InChI is InChI=1S/C13H20N4O2/c1-2-14-12-6-5-11(15-16-12)13(19)17-7-3-4-10(8-17)9-18/h5-6,10,18H,2-4,7-9H2,1H3,(H,14,16).